The van der Waals surface area contributed by atoms with Gasteiger partial charge in [-0.15, -0.1) is 5.10 Å². The van der Waals surface area contributed by atoms with Crippen molar-refractivity contribution in [1.29, 1.82) is 0 Å². The van der Waals surface area contributed by atoms with E-state index in [2.05, 4.69) is 16.8 Å². The highest BCUT2D eigenvalue weighted by atomic mass is 32.5. The zero-order chi connectivity index (χ0) is 77.5. The first-order valence-electron chi connectivity index (χ1n) is 37.9. The lowest BCUT2D eigenvalue weighted by Gasteiger charge is -2.28. The van der Waals surface area contributed by atoms with E-state index in [-0.39, 0.29) is 139 Å². The molecule has 0 radical (unpaired) electrons. The highest BCUT2D eigenvalue weighted by molar-refractivity contribution is 8.07. The second kappa shape index (κ2) is 46.0. The third-order valence-electron chi connectivity index (χ3n) is 19.3. The number of benzene rings is 2. The van der Waals surface area contributed by atoms with Crippen molar-refractivity contribution in [2.75, 3.05) is 77.6 Å². The minimum atomic E-state index is -4.72. The maximum atomic E-state index is 14.2. The molecule has 108 heavy (non-hydrogen) atoms. The highest BCUT2D eigenvalue weighted by Gasteiger charge is 2.42. The molecule has 6 unspecified atom stereocenters. The Morgan fingerprint density at radius 2 is 1.08 bits per heavy atom. The quantitative estimate of drug-likeness (QED) is 0.0226. The molecule has 0 bridgehead atoms. The minimum absolute atomic E-state index is 0.0111. The van der Waals surface area contributed by atoms with E-state index in [1.54, 1.807) is 11.8 Å². The smallest absolute Gasteiger partial charge is 0.390 e. The van der Waals surface area contributed by atoms with E-state index in [0.717, 1.165) is 60.9 Å². The number of hydrogen-bond donors (Lipinski definition) is 6. The summed E-state index contributed by atoms with van der Waals surface area (Å²) in [6.45, 7) is -4.83. The lowest BCUT2D eigenvalue weighted by molar-refractivity contribution is -0.127. The molecule has 4 fully saturated rings. The van der Waals surface area contributed by atoms with Gasteiger partial charge in [0.05, 0.1) is 94.6 Å². The first kappa shape index (κ1) is 89.9. The van der Waals surface area contributed by atoms with Crippen molar-refractivity contribution in [3.05, 3.63) is 54.1 Å². The number of ketones is 4. The van der Waals surface area contributed by atoms with Gasteiger partial charge in [-0.3, -0.25) is 33.0 Å². The van der Waals surface area contributed by atoms with Crippen LogP contribution in [0.4, 0.5) is 5.69 Å². The number of amides is 2. The monoisotopic (exact) mass is 1630 g/mol. The number of nitrogens with one attached hydrogen (secondary N) is 1. The van der Waals surface area contributed by atoms with Crippen LogP contribution in [0, 0.1) is 0 Å². The number of ether oxygens (including phenoxy) is 5. The standard InChI is InChI=1S/C72H111N5O25P4S2/c1-52(78)23-14-12-10-8-6-4-5-7-9-11-13-15-30-61(82)59(73-53(2)79)28-20-21-39-77-72-57-26-17-16-24-54(57)47-76(60-29-19-18-27-58(60)71(72)74-75-77)70(84)31-22-25-55(80)32-40-90-41-33-56(81)34-46-95-104(86,87)97-49-67-64(37-44-92-67)101-106(89,108)99-51-69-65(38-45-94-69)102-105(88,107)98-50-68-63(36-43-93-68)100-103(3,85)96-48-66-62(83)35-42-91-66/h16-19,24,26-27,29,59,62-69,83,85H,3-15,20-23,25,28,30-51H2,1-2H3,(H,73,79)(H,86,87)(H,88,107)(H,89,108)/t59-,62?,63+,64+,65?,66-,67+,68+,69-,103?,105?,106?/m1/s1. The largest absolute Gasteiger partial charge is 0.472 e. The topological polar surface area (TPSA) is 387 Å². The summed E-state index contributed by atoms with van der Waals surface area (Å²) in [5.74, 6) is -0.523. The van der Waals surface area contributed by atoms with Gasteiger partial charge >= 0.3 is 21.3 Å². The van der Waals surface area contributed by atoms with Gasteiger partial charge in [0.2, 0.25) is 19.4 Å². The Labute approximate surface area is 643 Å². The van der Waals surface area contributed by atoms with Crippen molar-refractivity contribution in [2.45, 2.75) is 255 Å². The number of nitrogens with zero attached hydrogens (tertiary/aromatic N) is 4. The summed E-state index contributed by atoms with van der Waals surface area (Å²) in [6, 6.07) is 14.8. The molecule has 30 nitrogen and oxygen atoms in total. The number of para-hydroxylation sites is 1. The number of carbonyl (C=O) groups excluding carboxylic acids is 6. The number of aromatic nitrogens is 3. The molecule has 0 aliphatic carbocycles. The number of carbonyl (C=O) groups is 6. The van der Waals surface area contributed by atoms with Gasteiger partial charge in [-0.05, 0) is 93.4 Å². The molecule has 0 saturated carbocycles. The van der Waals surface area contributed by atoms with Gasteiger partial charge in [0, 0.05) is 115 Å². The van der Waals surface area contributed by atoms with E-state index in [9.17, 15) is 58.0 Å². The lowest BCUT2D eigenvalue weighted by atomic mass is 9.95. The molecule has 4 saturated heterocycles. The Morgan fingerprint density at radius 1 is 0.574 bits per heavy atom. The van der Waals surface area contributed by atoms with Crippen LogP contribution < -0.4 is 10.2 Å². The fourth-order valence-corrected chi connectivity index (χ4v) is 18.3. The number of phosphoric acid groups is 1. The van der Waals surface area contributed by atoms with E-state index in [1.165, 1.54) is 45.4 Å². The number of Topliss-reactive ketones (excluding diaryl/α,β-unsaturated/α-hetero) is 4. The van der Waals surface area contributed by atoms with Gasteiger partial charge < -0.3 is 90.5 Å². The Balaban J connectivity index is 0.674. The van der Waals surface area contributed by atoms with Crippen LogP contribution in [0.15, 0.2) is 48.5 Å². The van der Waals surface area contributed by atoms with Gasteiger partial charge in [0.1, 0.15) is 47.5 Å². The summed E-state index contributed by atoms with van der Waals surface area (Å²) in [4.78, 5) is 122. The number of unbranched alkanes of at least 4 members (excludes halogenated alkanes) is 12. The van der Waals surface area contributed by atoms with Gasteiger partial charge in [-0.25, -0.2) is 9.25 Å². The maximum absolute atomic E-state index is 14.2. The molecule has 2 aromatic carbocycles. The molecular formula is C72H111N5O25P4S2. The van der Waals surface area contributed by atoms with Crippen molar-refractivity contribution in [3.63, 3.8) is 0 Å². The van der Waals surface area contributed by atoms with Crippen LogP contribution in [0.2, 0.25) is 0 Å². The fourth-order valence-electron chi connectivity index (χ4n) is 13.4. The molecule has 1 aromatic heterocycles. The van der Waals surface area contributed by atoms with Crippen molar-refractivity contribution in [1.82, 2.24) is 20.3 Å². The van der Waals surface area contributed by atoms with E-state index in [0.29, 0.717) is 75.9 Å². The van der Waals surface area contributed by atoms with Crippen LogP contribution in [0.25, 0.3) is 22.5 Å². The molecule has 8 rings (SSSR count). The summed E-state index contributed by atoms with van der Waals surface area (Å²) >= 11 is 10.6. The number of rotatable bonds is 54. The van der Waals surface area contributed by atoms with Crippen LogP contribution in [-0.2, 0) is 130 Å². The SMILES string of the molecule is C=P(O)(OC[C@H]1OCCC1O)O[C@H]1CCO[C@H]1COP(O)(=S)OC1CCO[C@@H]1COP(O)(=S)O[C@H]1CCO[C@H]1COP(=O)(O)OCCC(=O)CCOCCC(=O)CCCC(=O)N1Cc2ccccc2-c2c(nnn2CCCC[C@@H](NC(C)=O)C(=O)CCCCCCCCCCCCCCC(C)=O)-c2ccccc21. The summed E-state index contributed by atoms with van der Waals surface area (Å²) in [6.07, 6.45) is 15.3. The minimum Gasteiger partial charge on any atom is -0.390 e. The van der Waals surface area contributed by atoms with E-state index >= 15 is 0 Å². The average Bonchev–Trinajstić information content (AvgIpc) is 1.45. The van der Waals surface area contributed by atoms with Gasteiger partial charge in [-0.2, -0.15) is 0 Å². The molecule has 3 aromatic rings. The Morgan fingerprint density at radius 3 is 1.67 bits per heavy atom. The number of phosphoric ester groups is 1. The van der Waals surface area contributed by atoms with Crippen LogP contribution >= 0.6 is 28.8 Å². The average molecular weight is 1630 g/mol. The van der Waals surface area contributed by atoms with E-state index in [4.69, 9.17) is 88.6 Å². The summed E-state index contributed by atoms with van der Waals surface area (Å²) in [7, 11) is -8.33. The molecular weight excluding hydrogens is 1520 g/mol. The molecule has 36 heteroatoms. The van der Waals surface area contributed by atoms with Crippen molar-refractivity contribution in [2.24, 2.45) is 0 Å². The van der Waals surface area contributed by atoms with Crippen molar-refractivity contribution >= 4 is 99.4 Å². The molecule has 0 spiro atoms. The molecule has 2 amide bonds. The highest BCUT2D eigenvalue weighted by Crippen LogP contribution is 2.52. The molecule has 6 heterocycles. The summed E-state index contributed by atoms with van der Waals surface area (Å²) < 4.78 is 87.0. The Kier molecular flexibility index (Phi) is 38.3. The second-order valence-electron chi connectivity index (χ2n) is 28.0. The van der Waals surface area contributed by atoms with Crippen LogP contribution in [-0.4, -0.2) is 208 Å². The number of anilines is 1. The maximum Gasteiger partial charge on any atom is 0.472 e. The van der Waals surface area contributed by atoms with Crippen LogP contribution in [0.1, 0.15) is 193 Å². The Bertz CT molecular complexity index is 3580. The van der Waals surface area contributed by atoms with E-state index < -0.39 is 96.9 Å². The summed E-state index contributed by atoms with van der Waals surface area (Å²) in [5.41, 5.74) is 4.61. The van der Waals surface area contributed by atoms with Gasteiger partial charge in [0.25, 0.3) is 0 Å². The molecule has 5 aliphatic heterocycles. The summed E-state index contributed by atoms with van der Waals surface area (Å²) in [5, 5.41) is 22.2. The number of aliphatic hydroxyl groups excluding tert-OH is 1. The van der Waals surface area contributed by atoms with Gasteiger partial charge in [0.15, 0.2) is 5.78 Å². The first-order valence-corrected chi connectivity index (χ1v) is 46.4. The third kappa shape index (κ3) is 31.3. The Hall–Kier alpha value is -3.69. The molecule has 5 aliphatic rings. The van der Waals surface area contributed by atoms with E-state index in [1.807, 2.05) is 53.2 Å². The first-order chi connectivity index (χ1) is 51.7. The number of hydrogen-bond acceptors (Lipinski definition) is 26. The molecule has 606 valence electrons. The van der Waals surface area contributed by atoms with Gasteiger partial charge in [-0.1, -0.05) is 112 Å². The molecule has 6 N–H and O–H groups in total. The second-order valence-corrected chi connectivity index (χ2v) is 36.7. The number of fused-ring (bicyclic) bond motifs is 5. The fraction of sp³-hybridized carbons (Fsp3) is 0.708. The number of aryl methyl sites for hydroxylation is 1. The molecule has 13 atom stereocenters. The predicted molar refractivity (Wildman–Crippen MR) is 409 cm³/mol. The lowest BCUT2D eigenvalue weighted by Crippen LogP contribution is -2.39. The zero-order valence-corrected chi connectivity index (χ0v) is 67.3. The zero-order valence-electron chi connectivity index (χ0n) is 62.1. The number of aliphatic hydroxyl groups is 1. The van der Waals surface area contributed by atoms with Crippen molar-refractivity contribution in [3.8, 4) is 22.5 Å². The third-order valence-corrected chi connectivity index (χ3v) is 24.6. The predicted octanol–water partition coefficient (Wildman–Crippen LogP) is 10.7. The van der Waals surface area contributed by atoms with Crippen molar-refractivity contribution < 1.29 is 118 Å². The normalized spacial score (nSPS) is 23.1. The van der Waals surface area contributed by atoms with Crippen LogP contribution in [0.3, 0.4) is 0 Å². The van der Waals surface area contributed by atoms with Crippen LogP contribution in [0.5, 0.6) is 0 Å².